The van der Waals surface area contributed by atoms with Gasteiger partial charge in [0.1, 0.15) is 17.0 Å². The molecule has 5 rings (SSSR count). The maximum Gasteiger partial charge on any atom is 0.271 e. The Hall–Kier alpha value is -3.35. The van der Waals surface area contributed by atoms with Crippen LogP contribution in [0.4, 0.5) is 0 Å². The zero-order chi connectivity index (χ0) is 23.0. The number of ether oxygens (including phenoxy) is 1. The lowest BCUT2D eigenvalue weighted by Gasteiger charge is -2.44. The molecule has 0 saturated heterocycles. The Labute approximate surface area is 193 Å². The first-order valence-electron chi connectivity index (χ1n) is 11.7. The van der Waals surface area contributed by atoms with Crippen LogP contribution in [-0.2, 0) is 17.9 Å². The number of amides is 2. The van der Waals surface area contributed by atoms with Crippen LogP contribution in [0, 0.1) is 0 Å². The highest BCUT2D eigenvalue weighted by Gasteiger charge is 2.48. The molecule has 0 unspecified atom stereocenters. The average molecular weight is 447 g/mol. The van der Waals surface area contributed by atoms with Gasteiger partial charge in [0.25, 0.3) is 5.91 Å². The molecule has 7 heteroatoms. The first-order valence-corrected chi connectivity index (χ1v) is 11.7. The summed E-state index contributed by atoms with van der Waals surface area (Å²) in [5.41, 5.74) is 1.19. The smallest absolute Gasteiger partial charge is 0.271 e. The molecule has 0 bridgehead atoms. The largest absolute Gasteiger partial charge is 0.497 e. The lowest BCUT2D eigenvalue weighted by atomic mass is 9.91. The van der Waals surface area contributed by atoms with Gasteiger partial charge in [0.15, 0.2) is 0 Å². The van der Waals surface area contributed by atoms with Gasteiger partial charge in [-0.15, -0.1) is 0 Å². The number of hydrogen-bond acceptors (Lipinski definition) is 4. The topological polar surface area (TPSA) is 76.5 Å². The van der Waals surface area contributed by atoms with Gasteiger partial charge >= 0.3 is 0 Å². The SMILES string of the molecule is COc1ccc2cc3n(c2c1)C[C@](C)(C(=O)NC1CCCCC1)N(Cc1ccccn1)C3=O. The fraction of sp³-hybridized carbons (Fsp3) is 0.423. The van der Waals surface area contributed by atoms with Gasteiger partial charge in [0.05, 0.1) is 31.4 Å². The van der Waals surface area contributed by atoms with Crippen molar-refractivity contribution in [3.63, 3.8) is 0 Å². The number of carbonyl (C=O) groups is 2. The van der Waals surface area contributed by atoms with Crippen LogP contribution in [0.1, 0.15) is 55.2 Å². The minimum atomic E-state index is -1.05. The Kier molecular flexibility index (Phi) is 5.56. The highest BCUT2D eigenvalue weighted by Crippen LogP contribution is 2.35. The number of carbonyl (C=O) groups excluding carboxylic acids is 2. The zero-order valence-electron chi connectivity index (χ0n) is 19.2. The lowest BCUT2D eigenvalue weighted by molar-refractivity contribution is -0.134. The summed E-state index contributed by atoms with van der Waals surface area (Å²) in [6.07, 6.45) is 7.17. The van der Waals surface area contributed by atoms with Crippen molar-refractivity contribution in [3.05, 3.63) is 60.0 Å². The second kappa shape index (κ2) is 8.54. The molecule has 1 N–H and O–H groups in total. The number of benzene rings is 1. The van der Waals surface area contributed by atoms with E-state index < -0.39 is 5.54 Å². The standard InChI is InChI=1S/C26H30N4O3/c1-26(25(32)28-19-8-4-3-5-9-19)17-29-22-15-21(33-2)12-11-18(22)14-23(29)24(31)30(26)16-20-10-6-7-13-27-20/h6-7,10-15,19H,3-5,8-9,16-17H2,1-2H3,(H,28,32)/t26-/m1/s1. The molecule has 3 aromatic rings. The zero-order valence-corrected chi connectivity index (χ0v) is 19.2. The molecular weight excluding hydrogens is 416 g/mol. The van der Waals surface area contributed by atoms with Crippen molar-refractivity contribution in [1.82, 2.24) is 19.8 Å². The summed E-state index contributed by atoms with van der Waals surface area (Å²) in [6, 6.07) is 13.5. The molecular formula is C26H30N4O3. The monoisotopic (exact) mass is 446 g/mol. The average Bonchev–Trinajstić information content (AvgIpc) is 3.20. The van der Waals surface area contributed by atoms with Crippen LogP contribution in [0.2, 0.25) is 0 Å². The van der Waals surface area contributed by atoms with Crippen molar-refractivity contribution in [2.45, 2.75) is 63.7 Å². The summed E-state index contributed by atoms with van der Waals surface area (Å²) in [5, 5.41) is 4.22. The van der Waals surface area contributed by atoms with Crippen molar-refractivity contribution >= 4 is 22.7 Å². The Morgan fingerprint density at radius 2 is 2.00 bits per heavy atom. The summed E-state index contributed by atoms with van der Waals surface area (Å²) in [7, 11) is 1.63. The number of pyridine rings is 1. The summed E-state index contributed by atoms with van der Waals surface area (Å²) < 4.78 is 7.38. The van der Waals surface area contributed by atoms with Gasteiger partial charge in [-0.25, -0.2) is 0 Å². The van der Waals surface area contributed by atoms with E-state index in [1.54, 1.807) is 18.2 Å². The number of fused-ring (bicyclic) bond motifs is 3. The van der Waals surface area contributed by atoms with Crippen LogP contribution >= 0.6 is 0 Å². The molecule has 33 heavy (non-hydrogen) atoms. The van der Waals surface area contributed by atoms with Crippen LogP contribution < -0.4 is 10.1 Å². The van der Waals surface area contributed by atoms with E-state index in [1.165, 1.54) is 6.42 Å². The minimum Gasteiger partial charge on any atom is -0.497 e. The van der Waals surface area contributed by atoms with Crippen molar-refractivity contribution in [3.8, 4) is 5.75 Å². The first kappa shape index (κ1) is 21.5. The molecule has 1 fully saturated rings. The van der Waals surface area contributed by atoms with Crippen LogP contribution in [-0.4, -0.2) is 45.0 Å². The molecule has 1 aliphatic carbocycles. The van der Waals surface area contributed by atoms with Gasteiger partial charge in [0, 0.05) is 23.7 Å². The number of aromatic nitrogens is 2. The van der Waals surface area contributed by atoms with E-state index in [0.717, 1.165) is 48.0 Å². The minimum absolute atomic E-state index is 0.103. The second-order valence-electron chi connectivity index (χ2n) is 9.34. The molecule has 0 spiro atoms. The fourth-order valence-electron chi connectivity index (χ4n) is 5.15. The van der Waals surface area contributed by atoms with Crippen LogP contribution in [0.5, 0.6) is 5.75 Å². The number of hydrogen-bond donors (Lipinski definition) is 1. The summed E-state index contributed by atoms with van der Waals surface area (Å²) in [4.78, 5) is 33.7. The predicted molar refractivity (Wildman–Crippen MR) is 126 cm³/mol. The van der Waals surface area contributed by atoms with Crippen molar-refractivity contribution in [2.24, 2.45) is 0 Å². The van der Waals surface area contributed by atoms with E-state index in [2.05, 4.69) is 10.3 Å². The van der Waals surface area contributed by atoms with Crippen molar-refractivity contribution in [2.75, 3.05) is 7.11 Å². The molecule has 1 aromatic carbocycles. The summed E-state index contributed by atoms with van der Waals surface area (Å²) in [5.74, 6) is 0.456. The summed E-state index contributed by atoms with van der Waals surface area (Å²) >= 11 is 0. The molecule has 1 atom stereocenters. The molecule has 0 radical (unpaired) electrons. The fourth-order valence-corrected chi connectivity index (χ4v) is 5.15. The molecule has 172 valence electrons. The van der Waals surface area contributed by atoms with E-state index in [-0.39, 0.29) is 24.4 Å². The Balaban J connectivity index is 1.56. The van der Waals surface area contributed by atoms with E-state index >= 15 is 0 Å². The maximum absolute atomic E-state index is 13.8. The van der Waals surface area contributed by atoms with Gasteiger partial charge < -0.3 is 19.5 Å². The molecule has 2 amide bonds. The molecule has 1 aliphatic heterocycles. The van der Waals surface area contributed by atoms with Crippen LogP contribution in [0.15, 0.2) is 48.7 Å². The van der Waals surface area contributed by atoms with E-state index in [9.17, 15) is 9.59 Å². The van der Waals surface area contributed by atoms with Crippen molar-refractivity contribution < 1.29 is 14.3 Å². The van der Waals surface area contributed by atoms with Gasteiger partial charge in [-0.3, -0.25) is 14.6 Å². The number of rotatable bonds is 5. The molecule has 2 aliphatic rings. The maximum atomic E-state index is 13.8. The Morgan fingerprint density at radius 3 is 2.73 bits per heavy atom. The normalized spacial score (nSPS) is 21.2. The quantitative estimate of drug-likeness (QED) is 0.645. The number of nitrogens with one attached hydrogen (secondary N) is 1. The molecule has 7 nitrogen and oxygen atoms in total. The lowest BCUT2D eigenvalue weighted by Crippen LogP contribution is -2.64. The number of methoxy groups -OCH3 is 1. The van der Waals surface area contributed by atoms with Gasteiger partial charge in [-0.2, -0.15) is 0 Å². The third-order valence-corrected chi connectivity index (χ3v) is 7.11. The van der Waals surface area contributed by atoms with E-state index in [1.807, 2.05) is 54.0 Å². The van der Waals surface area contributed by atoms with Crippen LogP contribution in [0.3, 0.4) is 0 Å². The summed E-state index contributed by atoms with van der Waals surface area (Å²) in [6.45, 7) is 2.52. The Morgan fingerprint density at radius 1 is 1.18 bits per heavy atom. The molecule has 1 saturated carbocycles. The molecule has 2 aromatic heterocycles. The van der Waals surface area contributed by atoms with Gasteiger partial charge in [0.2, 0.25) is 5.91 Å². The van der Waals surface area contributed by atoms with Gasteiger partial charge in [-0.1, -0.05) is 25.3 Å². The van der Waals surface area contributed by atoms with Gasteiger partial charge in [-0.05, 0) is 50.1 Å². The Bertz CT molecular complexity index is 1180. The second-order valence-corrected chi connectivity index (χ2v) is 9.34. The van der Waals surface area contributed by atoms with Crippen molar-refractivity contribution in [1.29, 1.82) is 0 Å². The van der Waals surface area contributed by atoms with E-state index in [4.69, 9.17) is 4.74 Å². The third-order valence-electron chi connectivity index (χ3n) is 7.11. The predicted octanol–water partition coefficient (Wildman–Crippen LogP) is 3.91. The molecule has 3 heterocycles. The first-order chi connectivity index (χ1) is 16.0. The highest BCUT2D eigenvalue weighted by molar-refractivity contribution is 6.03. The third kappa shape index (κ3) is 3.86. The van der Waals surface area contributed by atoms with Crippen LogP contribution in [0.25, 0.3) is 10.9 Å². The van der Waals surface area contributed by atoms with E-state index in [0.29, 0.717) is 12.2 Å². The highest BCUT2D eigenvalue weighted by atomic mass is 16.5. The number of nitrogens with zero attached hydrogens (tertiary/aromatic N) is 3.